The van der Waals surface area contributed by atoms with Gasteiger partial charge in [0.05, 0.1) is 6.10 Å². The van der Waals surface area contributed by atoms with Crippen LogP contribution in [0.25, 0.3) is 0 Å². The molecule has 0 aliphatic rings. The van der Waals surface area contributed by atoms with Gasteiger partial charge in [0.2, 0.25) is 8.32 Å². The Balaban J connectivity index is 2.82. The van der Waals surface area contributed by atoms with Gasteiger partial charge in [0, 0.05) is 0 Å². The van der Waals surface area contributed by atoms with Crippen LogP contribution >= 0.6 is 0 Å². The van der Waals surface area contributed by atoms with Crippen LogP contribution in [0.2, 0.25) is 13.1 Å². The van der Waals surface area contributed by atoms with Gasteiger partial charge >= 0.3 is 0 Å². The molecule has 1 aromatic carbocycles. The van der Waals surface area contributed by atoms with Gasteiger partial charge < -0.3 is 4.43 Å². The highest BCUT2D eigenvalue weighted by Gasteiger charge is 2.22. The summed E-state index contributed by atoms with van der Waals surface area (Å²) in [5.41, 5.74) is 3.09. The average Bonchev–Trinajstić information content (AvgIpc) is 2.27. The molecule has 1 atom stereocenters. The first-order valence-corrected chi connectivity index (χ1v) is 8.06. The highest BCUT2D eigenvalue weighted by molar-refractivity contribution is 6.76. The lowest BCUT2D eigenvalue weighted by atomic mass is 10.1. The van der Waals surface area contributed by atoms with E-state index < -0.39 is 8.32 Å². The molecule has 0 fully saturated rings. The summed E-state index contributed by atoms with van der Waals surface area (Å²) in [6.07, 6.45) is 1.82. The fraction of sp³-hybridized carbons (Fsp3) is 0.231. The van der Waals surface area contributed by atoms with Crippen molar-refractivity contribution in [3.05, 3.63) is 60.8 Å². The number of benzene rings is 1. The van der Waals surface area contributed by atoms with Gasteiger partial charge in [-0.15, -0.1) is 13.2 Å². The number of hydrogen-bond acceptors (Lipinski definition) is 1. The molecule has 1 aromatic rings. The summed E-state index contributed by atoms with van der Waals surface area (Å²) in [5, 5.41) is 0. The minimum atomic E-state index is -1.75. The minimum Gasteiger partial charge on any atom is -0.403 e. The van der Waals surface area contributed by atoms with E-state index in [1.54, 1.807) is 0 Å². The van der Waals surface area contributed by atoms with Crippen LogP contribution in [0.1, 0.15) is 11.7 Å². The second-order valence-corrected chi connectivity index (χ2v) is 7.84. The molecule has 0 N–H and O–H groups in total. The molecule has 0 bridgehead atoms. The van der Waals surface area contributed by atoms with Gasteiger partial charge in [-0.05, 0) is 18.7 Å². The molecule has 0 saturated heterocycles. The van der Waals surface area contributed by atoms with E-state index in [2.05, 4.69) is 38.4 Å². The lowest BCUT2D eigenvalue weighted by molar-refractivity contribution is 0.251. The maximum Gasteiger partial charge on any atom is 0.211 e. The molecular weight excluding hydrogens is 200 g/mol. The Kier molecular flexibility index (Phi) is 4.06. The Morgan fingerprint density at radius 3 is 2.27 bits per heavy atom. The molecule has 1 nitrogen and oxygen atoms in total. The quantitative estimate of drug-likeness (QED) is 0.538. The molecule has 0 aromatic heterocycles. The largest absolute Gasteiger partial charge is 0.403 e. The first-order chi connectivity index (χ1) is 7.09. The molecule has 2 heteroatoms. The third-order valence-corrected chi connectivity index (χ3v) is 4.11. The Morgan fingerprint density at radius 2 is 1.80 bits per heavy atom. The summed E-state index contributed by atoms with van der Waals surface area (Å²) in [7, 11) is -1.75. The summed E-state index contributed by atoms with van der Waals surface area (Å²) >= 11 is 0. The predicted octanol–water partition coefficient (Wildman–Crippen LogP) is 3.86. The van der Waals surface area contributed by atoms with Gasteiger partial charge in [-0.25, -0.2) is 0 Å². The van der Waals surface area contributed by atoms with Crippen molar-refractivity contribution in [2.75, 3.05) is 0 Å². The normalized spacial score (nSPS) is 13.2. The maximum atomic E-state index is 6.03. The van der Waals surface area contributed by atoms with Gasteiger partial charge in [-0.3, -0.25) is 0 Å². The van der Waals surface area contributed by atoms with Gasteiger partial charge in [-0.2, -0.15) is 0 Å². The van der Waals surface area contributed by atoms with E-state index in [9.17, 15) is 0 Å². The predicted molar refractivity (Wildman–Crippen MR) is 68.1 cm³/mol. The van der Waals surface area contributed by atoms with Crippen molar-refractivity contribution < 1.29 is 4.43 Å². The molecule has 1 rings (SSSR count). The van der Waals surface area contributed by atoms with Crippen LogP contribution in [-0.2, 0) is 4.43 Å². The Morgan fingerprint density at radius 1 is 1.20 bits per heavy atom. The molecular formula is C13H18OSi. The summed E-state index contributed by atoms with van der Waals surface area (Å²) in [5.74, 6) is 0. The molecule has 15 heavy (non-hydrogen) atoms. The van der Waals surface area contributed by atoms with Gasteiger partial charge in [0.25, 0.3) is 0 Å². The van der Waals surface area contributed by atoms with Crippen molar-refractivity contribution in [2.45, 2.75) is 19.2 Å². The van der Waals surface area contributed by atoms with E-state index in [-0.39, 0.29) is 6.10 Å². The number of hydrogen-bond donors (Lipinski definition) is 0. The fourth-order valence-electron chi connectivity index (χ4n) is 1.27. The summed E-state index contributed by atoms with van der Waals surface area (Å²) in [6, 6.07) is 10.1. The van der Waals surface area contributed by atoms with Crippen molar-refractivity contribution in [3.8, 4) is 0 Å². The lowest BCUT2D eigenvalue weighted by Gasteiger charge is -2.24. The van der Waals surface area contributed by atoms with E-state index in [1.165, 1.54) is 0 Å². The Hall–Kier alpha value is -1.12. The minimum absolute atomic E-state index is 0.0223. The van der Waals surface area contributed by atoms with Gasteiger partial charge in [0.15, 0.2) is 0 Å². The van der Waals surface area contributed by atoms with Crippen LogP contribution < -0.4 is 0 Å². The van der Waals surface area contributed by atoms with Crippen molar-refractivity contribution >= 4 is 8.32 Å². The van der Waals surface area contributed by atoms with Crippen LogP contribution in [0.3, 0.4) is 0 Å². The van der Waals surface area contributed by atoms with E-state index in [0.29, 0.717) is 0 Å². The third kappa shape index (κ3) is 3.50. The second-order valence-electron chi connectivity index (χ2n) is 3.99. The zero-order valence-corrected chi connectivity index (χ0v) is 10.4. The Labute approximate surface area is 93.2 Å². The van der Waals surface area contributed by atoms with Crippen molar-refractivity contribution in [3.63, 3.8) is 0 Å². The van der Waals surface area contributed by atoms with Crippen LogP contribution in [0.5, 0.6) is 0 Å². The van der Waals surface area contributed by atoms with Crippen LogP contribution in [-0.4, -0.2) is 8.32 Å². The van der Waals surface area contributed by atoms with E-state index in [0.717, 1.165) is 5.56 Å². The zero-order valence-electron chi connectivity index (χ0n) is 9.44. The maximum absolute atomic E-state index is 6.03. The van der Waals surface area contributed by atoms with Gasteiger partial charge in [0.1, 0.15) is 0 Å². The molecule has 0 aliphatic carbocycles. The summed E-state index contributed by atoms with van der Waals surface area (Å²) in [6.45, 7) is 11.9. The summed E-state index contributed by atoms with van der Waals surface area (Å²) < 4.78 is 6.03. The van der Waals surface area contributed by atoms with E-state index in [1.807, 2.05) is 30.0 Å². The molecule has 80 valence electrons. The van der Waals surface area contributed by atoms with Crippen LogP contribution in [0.15, 0.2) is 55.3 Å². The standard InChI is InChI=1S/C13H18OSi/c1-5-13(14-15(3,4)6-2)12-10-8-7-9-11-12/h5-11,13H,1-2H2,3-4H3. The van der Waals surface area contributed by atoms with Crippen molar-refractivity contribution in [1.29, 1.82) is 0 Å². The Bertz CT molecular complexity index is 330. The third-order valence-electron chi connectivity index (χ3n) is 2.26. The van der Waals surface area contributed by atoms with Crippen LogP contribution in [0, 0.1) is 0 Å². The van der Waals surface area contributed by atoms with Crippen molar-refractivity contribution in [2.24, 2.45) is 0 Å². The molecule has 0 radical (unpaired) electrons. The highest BCUT2D eigenvalue weighted by atomic mass is 28.4. The zero-order chi connectivity index (χ0) is 11.3. The molecule has 0 spiro atoms. The average molecular weight is 218 g/mol. The first-order valence-electron chi connectivity index (χ1n) is 5.08. The first kappa shape index (κ1) is 11.9. The number of rotatable bonds is 5. The molecule has 0 aliphatic heterocycles. The topological polar surface area (TPSA) is 9.23 Å². The smallest absolute Gasteiger partial charge is 0.211 e. The monoisotopic (exact) mass is 218 g/mol. The fourth-order valence-corrected chi connectivity index (χ4v) is 2.25. The van der Waals surface area contributed by atoms with Gasteiger partial charge in [-0.1, -0.05) is 42.1 Å². The molecule has 1 unspecified atom stereocenters. The summed E-state index contributed by atoms with van der Waals surface area (Å²) in [4.78, 5) is 0. The van der Waals surface area contributed by atoms with Crippen molar-refractivity contribution in [1.82, 2.24) is 0 Å². The molecule has 0 saturated carbocycles. The molecule has 0 heterocycles. The second kappa shape index (κ2) is 5.10. The van der Waals surface area contributed by atoms with E-state index in [4.69, 9.17) is 4.43 Å². The molecule has 0 amide bonds. The van der Waals surface area contributed by atoms with Crippen LogP contribution in [0.4, 0.5) is 0 Å². The van der Waals surface area contributed by atoms with E-state index >= 15 is 0 Å². The highest BCUT2D eigenvalue weighted by Crippen LogP contribution is 2.23. The SMILES string of the molecule is C=CC(O[Si](C)(C)C=C)c1ccccc1. The lowest BCUT2D eigenvalue weighted by Crippen LogP contribution is -2.29.